The van der Waals surface area contributed by atoms with E-state index in [0.29, 0.717) is 11.3 Å². The van der Waals surface area contributed by atoms with E-state index >= 15 is 0 Å². The number of carbonyl (C=O) groups is 3. The lowest BCUT2D eigenvalue weighted by atomic mass is 9.96. The summed E-state index contributed by atoms with van der Waals surface area (Å²) < 4.78 is 10.4. The molecule has 1 aliphatic carbocycles. The highest BCUT2D eigenvalue weighted by Gasteiger charge is 2.22. The molecule has 1 atom stereocenters. The molecule has 0 unspecified atom stereocenters. The van der Waals surface area contributed by atoms with Crippen LogP contribution in [0.5, 0.6) is 5.75 Å². The molecular formula is C20H28N2O5. The molecule has 3 amide bonds. The predicted molar refractivity (Wildman–Crippen MR) is 101 cm³/mol. The lowest BCUT2D eigenvalue weighted by Gasteiger charge is -2.23. The molecule has 0 bridgehead atoms. The van der Waals surface area contributed by atoms with Crippen LogP contribution in [0, 0.1) is 6.92 Å². The number of hydrogen-bond donors (Lipinski definition) is 2. The summed E-state index contributed by atoms with van der Waals surface area (Å²) in [5, 5.41) is 5.03. The summed E-state index contributed by atoms with van der Waals surface area (Å²) in [6.45, 7) is 3.35. The Hall–Kier alpha value is -2.57. The average Bonchev–Trinajstić information content (AvgIpc) is 2.62. The topological polar surface area (TPSA) is 93.7 Å². The molecule has 0 saturated heterocycles. The van der Waals surface area contributed by atoms with Gasteiger partial charge in [0, 0.05) is 11.6 Å². The Labute approximate surface area is 159 Å². The Balaban J connectivity index is 1.81. The summed E-state index contributed by atoms with van der Waals surface area (Å²) in [4.78, 5) is 36.2. The fraction of sp³-hybridized carbons (Fsp3) is 0.550. The van der Waals surface area contributed by atoms with Crippen molar-refractivity contribution in [1.82, 2.24) is 10.6 Å². The number of carbonyl (C=O) groups excluding carboxylic acids is 3. The van der Waals surface area contributed by atoms with Crippen molar-refractivity contribution < 1.29 is 23.9 Å². The SMILES string of the molecule is COc1ccc(C)cc1CC(=O)O[C@H](C)C(=O)NC(=O)NC1CCCCC1. The van der Waals surface area contributed by atoms with E-state index in [4.69, 9.17) is 9.47 Å². The zero-order chi connectivity index (χ0) is 19.8. The van der Waals surface area contributed by atoms with Crippen molar-refractivity contribution in [3.63, 3.8) is 0 Å². The number of benzene rings is 1. The van der Waals surface area contributed by atoms with Gasteiger partial charge in [-0.3, -0.25) is 14.9 Å². The number of hydrogen-bond acceptors (Lipinski definition) is 5. The Morgan fingerprint density at radius 2 is 1.89 bits per heavy atom. The minimum Gasteiger partial charge on any atom is -0.496 e. The molecule has 148 valence electrons. The number of ether oxygens (including phenoxy) is 2. The van der Waals surface area contributed by atoms with Crippen molar-refractivity contribution in [2.75, 3.05) is 7.11 Å². The molecule has 7 heteroatoms. The second-order valence-electron chi connectivity index (χ2n) is 6.92. The number of esters is 1. The van der Waals surface area contributed by atoms with E-state index in [-0.39, 0.29) is 12.5 Å². The van der Waals surface area contributed by atoms with Crippen LogP contribution in [-0.2, 0) is 20.7 Å². The van der Waals surface area contributed by atoms with Crippen LogP contribution in [0.15, 0.2) is 18.2 Å². The van der Waals surface area contributed by atoms with E-state index in [1.807, 2.05) is 19.1 Å². The summed E-state index contributed by atoms with van der Waals surface area (Å²) in [5.41, 5.74) is 1.67. The Morgan fingerprint density at radius 3 is 2.56 bits per heavy atom. The molecular weight excluding hydrogens is 348 g/mol. The predicted octanol–water partition coefficient (Wildman–Crippen LogP) is 2.64. The number of rotatable bonds is 6. The van der Waals surface area contributed by atoms with Crippen molar-refractivity contribution in [2.24, 2.45) is 0 Å². The molecule has 2 rings (SSSR count). The van der Waals surface area contributed by atoms with Crippen LogP contribution < -0.4 is 15.4 Å². The maximum absolute atomic E-state index is 12.2. The van der Waals surface area contributed by atoms with E-state index in [9.17, 15) is 14.4 Å². The molecule has 7 nitrogen and oxygen atoms in total. The summed E-state index contributed by atoms with van der Waals surface area (Å²) >= 11 is 0. The highest BCUT2D eigenvalue weighted by Crippen LogP contribution is 2.20. The van der Waals surface area contributed by atoms with Gasteiger partial charge >= 0.3 is 12.0 Å². The molecule has 0 aliphatic heterocycles. The quantitative estimate of drug-likeness (QED) is 0.745. The lowest BCUT2D eigenvalue weighted by molar-refractivity contribution is -0.153. The van der Waals surface area contributed by atoms with Gasteiger partial charge < -0.3 is 14.8 Å². The molecule has 0 radical (unpaired) electrons. The number of methoxy groups -OCH3 is 1. The molecule has 0 spiro atoms. The second-order valence-corrected chi connectivity index (χ2v) is 6.92. The van der Waals surface area contributed by atoms with Crippen LogP contribution in [-0.4, -0.2) is 37.2 Å². The summed E-state index contributed by atoms with van der Waals surface area (Å²) in [6.07, 6.45) is 4.10. The molecule has 1 aromatic carbocycles. The number of nitrogens with one attached hydrogen (secondary N) is 2. The van der Waals surface area contributed by atoms with Crippen LogP contribution in [0.1, 0.15) is 50.2 Å². The average molecular weight is 376 g/mol. The monoisotopic (exact) mass is 376 g/mol. The van der Waals surface area contributed by atoms with E-state index in [1.165, 1.54) is 20.5 Å². The van der Waals surface area contributed by atoms with Crippen molar-refractivity contribution in [3.8, 4) is 5.75 Å². The third-order valence-electron chi connectivity index (χ3n) is 4.63. The molecule has 1 aromatic rings. The molecule has 1 saturated carbocycles. The van der Waals surface area contributed by atoms with Crippen molar-refractivity contribution in [1.29, 1.82) is 0 Å². The lowest BCUT2D eigenvalue weighted by Crippen LogP contribution is -2.48. The highest BCUT2D eigenvalue weighted by atomic mass is 16.5. The maximum Gasteiger partial charge on any atom is 0.321 e. The van der Waals surface area contributed by atoms with Crippen LogP contribution >= 0.6 is 0 Å². The Bertz CT molecular complexity index is 683. The number of imide groups is 1. The van der Waals surface area contributed by atoms with E-state index in [1.54, 1.807) is 6.07 Å². The minimum atomic E-state index is -1.06. The van der Waals surface area contributed by atoms with Gasteiger partial charge in [-0.1, -0.05) is 37.0 Å². The Kier molecular flexibility index (Phi) is 7.64. The number of amides is 3. The first-order valence-electron chi connectivity index (χ1n) is 9.33. The van der Waals surface area contributed by atoms with E-state index < -0.39 is 24.0 Å². The third-order valence-corrected chi connectivity index (χ3v) is 4.63. The van der Waals surface area contributed by atoms with Gasteiger partial charge in [-0.25, -0.2) is 4.79 Å². The first kappa shape index (κ1) is 20.7. The molecule has 1 fully saturated rings. The first-order valence-corrected chi connectivity index (χ1v) is 9.33. The summed E-state index contributed by atoms with van der Waals surface area (Å²) in [5.74, 6) is -0.622. The highest BCUT2D eigenvalue weighted by molar-refractivity contribution is 5.97. The van der Waals surface area contributed by atoms with Crippen molar-refractivity contribution in [2.45, 2.75) is 64.5 Å². The van der Waals surface area contributed by atoms with Gasteiger partial charge in [0.05, 0.1) is 13.5 Å². The Morgan fingerprint density at radius 1 is 1.19 bits per heavy atom. The standard InChI is InChI=1S/C20H28N2O5/c1-13-9-10-17(26-3)15(11-13)12-18(23)27-14(2)19(24)22-20(25)21-16-7-5-4-6-8-16/h9-11,14,16H,4-8,12H2,1-3H3,(H2,21,22,24,25)/t14-/m1/s1. The maximum atomic E-state index is 12.2. The van der Waals surface area contributed by atoms with Gasteiger partial charge in [0.2, 0.25) is 0 Å². The molecule has 2 N–H and O–H groups in total. The first-order chi connectivity index (χ1) is 12.9. The van der Waals surface area contributed by atoms with Crippen molar-refractivity contribution >= 4 is 17.9 Å². The molecule has 0 heterocycles. The molecule has 27 heavy (non-hydrogen) atoms. The van der Waals surface area contributed by atoms with Gasteiger partial charge in [0.1, 0.15) is 5.75 Å². The zero-order valence-electron chi connectivity index (χ0n) is 16.2. The third kappa shape index (κ3) is 6.58. The van der Waals surface area contributed by atoms with Crippen LogP contribution in [0.3, 0.4) is 0 Å². The fourth-order valence-corrected chi connectivity index (χ4v) is 3.18. The second kappa shape index (κ2) is 9.94. The van der Waals surface area contributed by atoms with Gasteiger partial charge in [-0.2, -0.15) is 0 Å². The van der Waals surface area contributed by atoms with E-state index in [0.717, 1.165) is 31.2 Å². The fourth-order valence-electron chi connectivity index (χ4n) is 3.18. The van der Waals surface area contributed by atoms with Gasteiger partial charge in [0.15, 0.2) is 6.10 Å². The normalized spacial score (nSPS) is 15.5. The largest absolute Gasteiger partial charge is 0.496 e. The smallest absolute Gasteiger partial charge is 0.321 e. The summed E-state index contributed by atoms with van der Waals surface area (Å²) in [6, 6.07) is 5.05. The zero-order valence-corrected chi connectivity index (χ0v) is 16.2. The van der Waals surface area contributed by atoms with Crippen LogP contribution in [0.25, 0.3) is 0 Å². The van der Waals surface area contributed by atoms with Crippen molar-refractivity contribution in [3.05, 3.63) is 29.3 Å². The number of urea groups is 1. The molecule has 0 aromatic heterocycles. The number of aryl methyl sites for hydroxylation is 1. The van der Waals surface area contributed by atoms with Crippen LogP contribution in [0.2, 0.25) is 0 Å². The van der Waals surface area contributed by atoms with Gasteiger partial charge in [-0.05, 0) is 32.8 Å². The summed E-state index contributed by atoms with van der Waals surface area (Å²) in [7, 11) is 1.53. The van der Waals surface area contributed by atoms with Gasteiger partial charge in [-0.15, -0.1) is 0 Å². The van der Waals surface area contributed by atoms with Crippen LogP contribution in [0.4, 0.5) is 4.79 Å². The van der Waals surface area contributed by atoms with E-state index in [2.05, 4.69) is 10.6 Å². The minimum absolute atomic E-state index is 0.0171. The van der Waals surface area contributed by atoms with Gasteiger partial charge in [0.25, 0.3) is 5.91 Å². The molecule has 1 aliphatic rings.